The maximum atomic E-state index is 11.9. The van der Waals surface area contributed by atoms with Crippen molar-refractivity contribution in [1.82, 2.24) is 14.9 Å². The van der Waals surface area contributed by atoms with Gasteiger partial charge in [0.1, 0.15) is 11.6 Å². The number of piperazine rings is 1. The topological polar surface area (TPSA) is 92.5 Å². The highest BCUT2D eigenvalue weighted by atomic mass is 16.6. The van der Waals surface area contributed by atoms with E-state index in [1.165, 1.54) is 12.1 Å². The Kier molecular flexibility index (Phi) is 5.87. The zero-order valence-corrected chi connectivity index (χ0v) is 16.5. The first-order chi connectivity index (χ1) is 13.4. The number of nitrogens with zero attached hydrogens (tertiary/aromatic N) is 5. The number of aryl methyl sites for hydroxylation is 2. The monoisotopic (exact) mass is 383 g/mol. The van der Waals surface area contributed by atoms with Crippen molar-refractivity contribution in [2.45, 2.75) is 33.6 Å². The first-order valence-corrected chi connectivity index (χ1v) is 9.49. The number of hydrogen-bond donors (Lipinski definition) is 0. The maximum absolute atomic E-state index is 11.9. The van der Waals surface area contributed by atoms with Gasteiger partial charge in [-0.15, -0.1) is 0 Å². The summed E-state index contributed by atoms with van der Waals surface area (Å²) in [6, 6.07) is 6.60. The van der Waals surface area contributed by atoms with Crippen LogP contribution in [0, 0.1) is 24.0 Å². The van der Waals surface area contributed by atoms with Crippen molar-refractivity contribution < 1.29 is 9.72 Å². The van der Waals surface area contributed by atoms with Crippen LogP contribution in [0.5, 0.6) is 0 Å². The second kappa shape index (κ2) is 8.33. The van der Waals surface area contributed by atoms with E-state index in [1.807, 2.05) is 25.7 Å². The largest absolute Gasteiger partial charge is 0.353 e. The number of rotatable bonds is 5. The van der Waals surface area contributed by atoms with E-state index in [9.17, 15) is 14.9 Å². The van der Waals surface area contributed by atoms with Gasteiger partial charge >= 0.3 is 0 Å². The van der Waals surface area contributed by atoms with Gasteiger partial charge in [0.05, 0.1) is 4.92 Å². The molecule has 0 aliphatic carbocycles. The number of carbonyl (C=O) groups is 1. The van der Waals surface area contributed by atoms with E-state index >= 15 is 0 Å². The van der Waals surface area contributed by atoms with Crippen LogP contribution in [0.15, 0.2) is 24.3 Å². The highest BCUT2D eigenvalue weighted by Gasteiger charge is 2.24. The molecule has 8 heteroatoms. The second-order valence-electron chi connectivity index (χ2n) is 6.98. The van der Waals surface area contributed by atoms with E-state index in [-0.39, 0.29) is 11.6 Å². The quantitative estimate of drug-likeness (QED) is 0.582. The molecule has 0 spiro atoms. The summed E-state index contributed by atoms with van der Waals surface area (Å²) in [6.07, 6.45) is 1.13. The summed E-state index contributed by atoms with van der Waals surface area (Å²) in [4.78, 5) is 35.7. The van der Waals surface area contributed by atoms with Gasteiger partial charge in [-0.3, -0.25) is 14.9 Å². The molecule has 1 fully saturated rings. The number of anilines is 1. The Morgan fingerprint density at radius 1 is 1.11 bits per heavy atom. The molecule has 1 saturated heterocycles. The number of amides is 1. The second-order valence-corrected chi connectivity index (χ2v) is 6.98. The summed E-state index contributed by atoms with van der Waals surface area (Å²) in [5.74, 6) is 1.79. The summed E-state index contributed by atoms with van der Waals surface area (Å²) in [7, 11) is 0. The Morgan fingerprint density at radius 3 is 2.32 bits per heavy atom. The SMILES string of the molecule is CCC(=O)N1CCN(c2nc(C)nc(C)c2Cc2ccc([N+](=O)[O-])cc2)CC1. The molecule has 28 heavy (non-hydrogen) atoms. The fourth-order valence-electron chi connectivity index (χ4n) is 3.52. The summed E-state index contributed by atoms with van der Waals surface area (Å²) in [5, 5.41) is 10.9. The Bertz CT molecular complexity index is 874. The standard InChI is InChI=1S/C20H25N5O3/c1-4-19(26)23-9-11-24(12-10-23)20-18(14(2)21-15(3)22-20)13-16-5-7-17(8-6-16)25(27)28/h5-8H,4,9-13H2,1-3H3. The maximum Gasteiger partial charge on any atom is 0.269 e. The third kappa shape index (κ3) is 4.27. The van der Waals surface area contributed by atoms with Crippen molar-refractivity contribution in [1.29, 1.82) is 0 Å². The van der Waals surface area contributed by atoms with Crippen LogP contribution in [0.3, 0.4) is 0 Å². The Labute approximate surface area is 164 Å². The van der Waals surface area contributed by atoms with E-state index in [0.717, 1.165) is 35.7 Å². The van der Waals surface area contributed by atoms with E-state index in [0.29, 0.717) is 31.8 Å². The van der Waals surface area contributed by atoms with E-state index in [4.69, 9.17) is 4.98 Å². The Balaban J connectivity index is 1.84. The van der Waals surface area contributed by atoms with E-state index in [2.05, 4.69) is 9.88 Å². The predicted octanol–water partition coefficient (Wildman–Crippen LogP) is 2.65. The molecule has 1 aliphatic heterocycles. The zero-order valence-electron chi connectivity index (χ0n) is 16.5. The van der Waals surface area contributed by atoms with Gasteiger partial charge in [0.2, 0.25) is 5.91 Å². The normalized spacial score (nSPS) is 14.2. The summed E-state index contributed by atoms with van der Waals surface area (Å²) in [5.41, 5.74) is 2.99. The molecule has 3 rings (SSSR count). The van der Waals surface area contributed by atoms with Gasteiger partial charge in [-0.1, -0.05) is 19.1 Å². The van der Waals surface area contributed by atoms with Gasteiger partial charge in [0.15, 0.2) is 0 Å². The molecule has 1 aliphatic rings. The molecule has 1 aromatic carbocycles. The fraction of sp³-hybridized carbons (Fsp3) is 0.450. The molecule has 1 amide bonds. The molecule has 0 unspecified atom stereocenters. The van der Waals surface area contributed by atoms with Crippen LogP contribution in [0.25, 0.3) is 0 Å². The number of aromatic nitrogens is 2. The number of nitro groups is 1. The van der Waals surface area contributed by atoms with Gasteiger partial charge in [0, 0.05) is 62.4 Å². The molecule has 0 radical (unpaired) electrons. The predicted molar refractivity (Wildman–Crippen MR) is 106 cm³/mol. The lowest BCUT2D eigenvalue weighted by Crippen LogP contribution is -2.49. The van der Waals surface area contributed by atoms with Gasteiger partial charge in [0.25, 0.3) is 5.69 Å². The van der Waals surface area contributed by atoms with Crippen LogP contribution in [-0.2, 0) is 11.2 Å². The van der Waals surface area contributed by atoms with E-state index < -0.39 is 4.92 Å². The molecule has 8 nitrogen and oxygen atoms in total. The molecule has 0 atom stereocenters. The van der Waals surface area contributed by atoms with Crippen LogP contribution < -0.4 is 4.90 Å². The first kappa shape index (κ1) is 19.7. The molecular weight excluding hydrogens is 358 g/mol. The number of non-ortho nitro benzene ring substituents is 1. The Morgan fingerprint density at radius 2 is 1.75 bits per heavy atom. The third-order valence-corrected chi connectivity index (χ3v) is 5.07. The number of nitro benzene ring substituents is 1. The fourth-order valence-corrected chi connectivity index (χ4v) is 3.52. The third-order valence-electron chi connectivity index (χ3n) is 5.07. The van der Waals surface area contributed by atoms with Gasteiger partial charge in [-0.2, -0.15) is 0 Å². The highest BCUT2D eigenvalue weighted by molar-refractivity contribution is 5.76. The lowest BCUT2D eigenvalue weighted by Gasteiger charge is -2.36. The van der Waals surface area contributed by atoms with Crippen molar-refractivity contribution in [3.8, 4) is 0 Å². The molecule has 148 valence electrons. The van der Waals surface area contributed by atoms with Crippen LogP contribution in [0.1, 0.15) is 36.0 Å². The molecule has 2 heterocycles. The van der Waals surface area contributed by atoms with Crippen LogP contribution in [0.2, 0.25) is 0 Å². The van der Waals surface area contributed by atoms with Crippen molar-refractivity contribution in [2.75, 3.05) is 31.1 Å². The molecule has 0 bridgehead atoms. The minimum Gasteiger partial charge on any atom is -0.353 e. The van der Waals surface area contributed by atoms with Gasteiger partial charge in [-0.25, -0.2) is 9.97 Å². The first-order valence-electron chi connectivity index (χ1n) is 9.49. The number of benzene rings is 1. The van der Waals surface area contributed by atoms with Crippen LogP contribution in [0.4, 0.5) is 11.5 Å². The van der Waals surface area contributed by atoms with Gasteiger partial charge in [-0.05, 0) is 19.4 Å². The lowest BCUT2D eigenvalue weighted by atomic mass is 10.0. The van der Waals surface area contributed by atoms with Crippen LogP contribution >= 0.6 is 0 Å². The average Bonchev–Trinajstić information content (AvgIpc) is 2.69. The summed E-state index contributed by atoms with van der Waals surface area (Å²) in [6.45, 7) is 8.56. The minimum atomic E-state index is -0.396. The van der Waals surface area contributed by atoms with Crippen LogP contribution in [-0.4, -0.2) is 51.9 Å². The summed E-state index contributed by atoms with van der Waals surface area (Å²) < 4.78 is 0. The summed E-state index contributed by atoms with van der Waals surface area (Å²) >= 11 is 0. The van der Waals surface area contributed by atoms with Crippen molar-refractivity contribution >= 4 is 17.4 Å². The number of hydrogen-bond acceptors (Lipinski definition) is 6. The molecular formula is C20H25N5O3. The Hall–Kier alpha value is -3.03. The van der Waals surface area contributed by atoms with Crippen molar-refractivity contribution in [3.05, 3.63) is 57.0 Å². The molecule has 2 aromatic rings. The van der Waals surface area contributed by atoms with Crippen molar-refractivity contribution in [2.24, 2.45) is 0 Å². The molecule has 0 N–H and O–H groups in total. The lowest BCUT2D eigenvalue weighted by molar-refractivity contribution is -0.384. The molecule has 0 saturated carbocycles. The highest BCUT2D eigenvalue weighted by Crippen LogP contribution is 2.26. The number of carbonyl (C=O) groups excluding carboxylic acids is 1. The minimum absolute atomic E-state index is 0.0811. The van der Waals surface area contributed by atoms with Gasteiger partial charge < -0.3 is 9.80 Å². The molecule has 1 aromatic heterocycles. The van der Waals surface area contributed by atoms with E-state index in [1.54, 1.807) is 12.1 Å². The average molecular weight is 383 g/mol. The smallest absolute Gasteiger partial charge is 0.269 e. The zero-order chi connectivity index (χ0) is 20.3. The van der Waals surface area contributed by atoms with Crippen molar-refractivity contribution in [3.63, 3.8) is 0 Å².